The molecule has 0 N–H and O–H groups in total. The van der Waals surface area contributed by atoms with Gasteiger partial charge in [0.25, 0.3) is 0 Å². The topological polar surface area (TPSA) is 52.6 Å². The molecule has 0 saturated heterocycles. The summed E-state index contributed by atoms with van der Waals surface area (Å²) in [7, 11) is 0. The first-order chi connectivity index (χ1) is 9.24. The minimum absolute atomic E-state index is 0.496. The van der Waals surface area contributed by atoms with E-state index in [4.69, 9.17) is 9.15 Å². The van der Waals surface area contributed by atoms with Crippen LogP contribution >= 0.6 is 0 Å². The summed E-state index contributed by atoms with van der Waals surface area (Å²) in [6.45, 7) is 7.10. The van der Waals surface area contributed by atoms with Crippen molar-refractivity contribution >= 4 is 0 Å². The SMILES string of the molecule is CC.Cc1ccc(COCCc2coc(=O)o2)cc1. The Balaban J connectivity index is 0.000000861. The largest absolute Gasteiger partial charge is 0.518 e. The van der Waals surface area contributed by atoms with Crippen molar-refractivity contribution in [2.45, 2.75) is 33.8 Å². The van der Waals surface area contributed by atoms with Crippen LogP contribution in [0.5, 0.6) is 0 Å². The van der Waals surface area contributed by atoms with E-state index in [-0.39, 0.29) is 0 Å². The van der Waals surface area contributed by atoms with Gasteiger partial charge in [0.05, 0.1) is 13.2 Å². The van der Waals surface area contributed by atoms with Crippen LogP contribution in [-0.4, -0.2) is 6.61 Å². The number of benzene rings is 1. The van der Waals surface area contributed by atoms with Crippen LogP contribution in [0.1, 0.15) is 30.7 Å². The maximum Gasteiger partial charge on any atom is 0.518 e. The van der Waals surface area contributed by atoms with E-state index in [1.165, 1.54) is 11.8 Å². The lowest BCUT2D eigenvalue weighted by atomic mass is 10.2. The Morgan fingerprint density at radius 1 is 1.16 bits per heavy atom. The first-order valence-electron chi connectivity index (χ1n) is 6.45. The quantitative estimate of drug-likeness (QED) is 0.777. The lowest BCUT2D eigenvalue weighted by Crippen LogP contribution is -1.99. The molecule has 1 aromatic heterocycles. The van der Waals surface area contributed by atoms with Gasteiger partial charge in [-0.2, -0.15) is 0 Å². The molecule has 1 aromatic carbocycles. The highest BCUT2D eigenvalue weighted by atomic mass is 16.6. The molecule has 0 spiro atoms. The highest BCUT2D eigenvalue weighted by Gasteiger charge is 2.01. The van der Waals surface area contributed by atoms with Crippen LogP contribution in [0.4, 0.5) is 0 Å². The second-order valence-corrected chi connectivity index (χ2v) is 3.84. The molecule has 19 heavy (non-hydrogen) atoms. The van der Waals surface area contributed by atoms with Crippen molar-refractivity contribution in [1.29, 1.82) is 0 Å². The van der Waals surface area contributed by atoms with E-state index in [0.717, 1.165) is 5.56 Å². The zero-order valence-corrected chi connectivity index (χ0v) is 11.6. The lowest BCUT2D eigenvalue weighted by molar-refractivity contribution is 0.120. The Labute approximate surface area is 113 Å². The monoisotopic (exact) mass is 264 g/mol. The molecule has 1 heterocycles. The Morgan fingerprint density at radius 2 is 1.84 bits per heavy atom. The highest BCUT2D eigenvalue weighted by Crippen LogP contribution is 2.05. The molecule has 2 aromatic rings. The first kappa shape index (κ1) is 15.2. The third kappa shape index (κ3) is 5.57. The summed E-state index contributed by atoms with van der Waals surface area (Å²) < 4.78 is 14.7. The first-order valence-corrected chi connectivity index (χ1v) is 6.45. The van der Waals surface area contributed by atoms with Gasteiger partial charge in [0.1, 0.15) is 12.0 Å². The van der Waals surface area contributed by atoms with E-state index >= 15 is 0 Å². The van der Waals surface area contributed by atoms with E-state index in [2.05, 4.69) is 4.42 Å². The number of aryl methyl sites for hydroxylation is 1. The maximum absolute atomic E-state index is 10.6. The van der Waals surface area contributed by atoms with Crippen LogP contribution < -0.4 is 5.82 Å². The predicted octanol–water partition coefficient (Wildman–Crippen LogP) is 3.33. The molecule has 0 aliphatic rings. The minimum atomic E-state index is -0.668. The predicted molar refractivity (Wildman–Crippen MR) is 73.1 cm³/mol. The van der Waals surface area contributed by atoms with Gasteiger partial charge in [-0.3, -0.25) is 0 Å². The van der Waals surface area contributed by atoms with Crippen LogP contribution in [0.2, 0.25) is 0 Å². The van der Waals surface area contributed by atoms with Crippen molar-refractivity contribution in [3.05, 3.63) is 58.0 Å². The standard InChI is InChI=1S/C13H14O4.C2H6/c1-10-2-4-11(5-3-10)8-15-7-6-12-9-16-13(14)17-12;1-2/h2-5,9H,6-8H2,1H3;1-2H3. The van der Waals surface area contributed by atoms with Gasteiger partial charge in [-0.25, -0.2) is 4.79 Å². The Kier molecular flexibility index (Phi) is 6.68. The second kappa shape index (κ2) is 8.32. The fourth-order valence-corrected chi connectivity index (χ4v) is 1.43. The smallest absolute Gasteiger partial charge is 0.399 e. The summed E-state index contributed by atoms with van der Waals surface area (Å²) in [5, 5.41) is 0. The van der Waals surface area contributed by atoms with Crippen LogP contribution in [0.15, 0.2) is 44.2 Å². The Hall–Kier alpha value is -1.81. The molecule has 0 fully saturated rings. The molecule has 0 aliphatic heterocycles. The van der Waals surface area contributed by atoms with Gasteiger partial charge in [0, 0.05) is 6.42 Å². The maximum atomic E-state index is 10.6. The third-order valence-electron chi connectivity index (χ3n) is 2.38. The second-order valence-electron chi connectivity index (χ2n) is 3.84. The van der Waals surface area contributed by atoms with E-state index < -0.39 is 5.82 Å². The fraction of sp³-hybridized carbons (Fsp3) is 0.400. The van der Waals surface area contributed by atoms with Gasteiger partial charge in [-0.05, 0) is 12.5 Å². The Morgan fingerprint density at radius 3 is 2.42 bits per heavy atom. The molecule has 0 aliphatic carbocycles. The molecule has 0 radical (unpaired) electrons. The van der Waals surface area contributed by atoms with Crippen LogP contribution in [0.25, 0.3) is 0 Å². The molecule has 0 saturated carbocycles. The number of ether oxygens (including phenoxy) is 1. The van der Waals surface area contributed by atoms with Crippen molar-refractivity contribution in [2.24, 2.45) is 0 Å². The number of hydrogen-bond acceptors (Lipinski definition) is 4. The third-order valence-corrected chi connectivity index (χ3v) is 2.38. The highest BCUT2D eigenvalue weighted by molar-refractivity contribution is 5.20. The summed E-state index contributed by atoms with van der Waals surface area (Å²) in [5.41, 5.74) is 2.36. The zero-order chi connectivity index (χ0) is 14.1. The van der Waals surface area contributed by atoms with Gasteiger partial charge >= 0.3 is 5.82 Å². The van der Waals surface area contributed by atoms with Crippen LogP contribution in [0, 0.1) is 6.92 Å². The summed E-state index contributed by atoms with van der Waals surface area (Å²) >= 11 is 0. The number of rotatable bonds is 5. The summed E-state index contributed by atoms with van der Waals surface area (Å²) in [6, 6.07) is 8.17. The molecule has 0 bridgehead atoms. The molecule has 2 rings (SSSR count). The Bertz CT molecular complexity index is 507. The number of hydrogen-bond donors (Lipinski definition) is 0. The van der Waals surface area contributed by atoms with Gasteiger partial charge < -0.3 is 13.6 Å². The van der Waals surface area contributed by atoms with E-state index in [0.29, 0.717) is 25.4 Å². The lowest BCUT2D eigenvalue weighted by Gasteiger charge is -2.03. The van der Waals surface area contributed by atoms with Crippen LogP contribution in [-0.2, 0) is 17.8 Å². The molecule has 0 amide bonds. The van der Waals surface area contributed by atoms with E-state index in [9.17, 15) is 4.79 Å². The van der Waals surface area contributed by atoms with E-state index in [1.807, 2.05) is 45.0 Å². The normalized spacial score (nSPS) is 9.84. The van der Waals surface area contributed by atoms with Crippen LogP contribution in [0.3, 0.4) is 0 Å². The summed E-state index contributed by atoms with van der Waals surface area (Å²) in [6.07, 6.45) is 1.86. The van der Waals surface area contributed by atoms with Crippen molar-refractivity contribution in [1.82, 2.24) is 0 Å². The molecule has 0 unspecified atom stereocenters. The molecular formula is C15H20O4. The van der Waals surface area contributed by atoms with Gasteiger partial charge in [0.2, 0.25) is 0 Å². The van der Waals surface area contributed by atoms with Gasteiger partial charge in [0.15, 0.2) is 0 Å². The van der Waals surface area contributed by atoms with Crippen molar-refractivity contribution in [2.75, 3.05) is 6.61 Å². The average Bonchev–Trinajstić information content (AvgIpc) is 2.85. The summed E-state index contributed by atoms with van der Waals surface area (Å²) in [5.74, 6) is -0.155. The fourth-order valence-electron chi connectivity index (χ4n) is 1.43. The molecule has 4 nitrogen and oxygen atoms in total. The molecule has 0 atom stereocenters. The average molecular weight is 264 g/mol. The van der Waals surface area contributed by atoms with Crippen molar-refractivity contribution in [3.8, 4) is 0 Å². The zero-order valence-electron chi connectivity index (χ0n) is 11.6. The summed E-state index contributed by atoms with van der Waals surface area (Å²) in [4.78, 5) is 10.6. The van der Waals surface area contributed by atoms with Gasteiger partial charge in [-0.1, -0.05) is 43.7 Å². The van der Waals surface area contributed by atoms with E-state index in [1.54, 1.807) is 0 Å². The van der Waals surface area contributed by atoms with Crippen molar-refractivity contribution in [3.63, 3.8) is 0 Å². The minimum Gasteiger partial charge on any atom is -0.399 e. The van der Waals surface area contributed by atoms with Crippen molar-refractivity contribution < 1.29 is 13.6 Å². The molecule has 4 heteroatoms. The molecular weight excluding hydrogens is 244 g/mol. The molecule has 104 valence electrons. The van der Waals surface area contributed by atoms with Gasteiger partial charge in [-0.15, -0.1) is 0 Å².